The van der Waals surface area contributed by atoms with Crippen LogP contribution in [0.2, 0.25) is 0 Å². The van der Waals surface area contributed by atoms with Gasteiger partial charge in [-0.25, -0.2) is 9.97 Å². The predicted molar refractivity (Wildman–Crippen MR) is 73.5 cm³/mol. The monoisotopic (exact) mass is 332 g/mol. The van der Waals surface area contributed by atoms with Gasteiger partial charge in [-0.05, 0) is 61.5 Å². The Labute approximate surface area is 110 Å². The topological polar surface area (TPSA) is 41.1 Å². The van der Waals surface area contributed by atoms with E-state index in [0.717, 1.165) is 22.5 Å². The lowest BCUT2D eigenvalue weighted by Crippen LogP contribution is -2.22. The van der Waals surface area contributed by atoms with Crippen molar-refractivity contribution in [2.75, 3.05) is 31.5 Å². The molecule has 5 heteroatoms. The largest absolute Gasteiger partial charge is 0.354 e. The molecular weight excluding hydrogens is 315 g/mol. The Morgan fingerprint density at radius 3 is 2.62 bits per heavy atom. The Morgan fingerprint density at radius 1 is 1.25 bits per heavy atom. The van der Waals surface area contributed by atoms with E-state index in [-0.39, 0.29) is 0 Å². The maximum absolute atomic E-state index is 4.20. The first-order valence-electron chi connectivity index (χ1n) is 5.78. The quantitative estimate of drug-likeness (QED) is 0.661. The molecule has 4 nitrogen and oxygen atoms in total. The van der Waals surface area contributed by atoms with Crippen LogP contribution in [0.3, 0.4) is 0 Å². The third kappa shape index (κ3) is 3.86. The van der Waals surface area contributed by atoms with Crippen molar-refractivity contribution >= 4 is 28.5 Å². The second kappa shape index (κ2) is 6.34. The lowest BCUT2D eigenvalue weighted by atomic mass is 10.4. The van der Waals surface area contributed by atoms with E-state index in [1.54, 1.807) is 0 Å². The average molecular weight is 332 g/mol. The molecule has 0 aliphatic carbocycles. The molecule has 1 aliphatic heterocycles. The number of anilines is 1. The number of aromatic nitrogens is 2. The van der Waals surface area contributed by atoms with Crippen LogP contribution >= 0.6 is 22.6 Å². The summed E-state index contributed by atoms with van der Waals surface area (Å²) in [6.45, 7) is 4.70. The van der Waals surface area contributed by atoms with Gasteiger partial charge in [0.2, 0.25) is 5.95 Å². The van der Waals surface area contributed by atoms with Crippen LogP contribution in [0.4, 0.5) is 5.95 Å². The molecule has 0 amide bonds. The molecule has 1 N–H and O–H groups in total. The van der Waals surface area contributed by atoms with Gasteiger partial charge in [-0.1, -0.05) is 0 Å². The SMILES string of the molecule is Ic1cnc(NCCCN2CCCC2)nc1. The van der Waals surface area contributed by atoms with E-state index in [9.17, 15) is 0 Å². The van der Waals surface area contributed by atoms with Crippen molar-refractivity contribution in [2.24, 2.45) is 0 Å². The summed E-state index contributed by atoms with van der Waals surface area (Å²) in [6, 6.07) is 0. The molecule has 0 bridgehead atoms. The smallest absolute Gasteiger partial charge is 0.222 e. The normalized spacial score (nSPS) is 16.6. The van der Waals surface area contributed by atoms with Gasteiger partial charge < -0.3 is 10.2 Å². The van der Waals surface area contributed by atoms with Gasteiger partial charge in [0.15, 0.2) is 0 Å². The van der Waals surface area contributed by atoms with Gasteiger partial charge in [0.05, 0.1) is 0 Å². The minimum atomic E-state index is 0.738. The summed E-state index contributed by atoms with van der Waals surface area (Å²) in [4.78, 5) is 10.9. The minimum absolute atomic E-state index is 0.738. The number of hydrogen-bond acceptors (Lipinski definition) is 4. The molecule has 2 heterocycles. The van der Waals surface area contributed by atoms with Gasteiger partial charge in [-0.15, -0.1) is 0 Å². The van der Waals surface area contributed by atoms with Gasteiger partial charge in [0.25, 0.3) is 0 Å². The molecule has 0 radical (unpaired) electrons. The summed E-state index contributed by atoms with van der Waals surface area (Å²) < 4.78 is 1.07. The number of rotatable bonds is 5. The van der Waals surface area contributed by atoms with E-state index >= 15 is 0 Å². The Morgan fingerprint density at radius 2 is 1.94 bits per heavy atom. The van der Waals surface area contributed by atoms with Gasteiger partial charge in [0.1, 0.15) is 0 Å². The predicted octanol–water partition coefficient (Wildman–Crippen LogP) is 1.98. The molecule has 0 spiro atoms. The van der Waals surface area contributed by atoms with Crippen LogP contribution in [0.5, 0.6) is 0 Å². The van der Waals surface area contributed by atoms with Crippen molar-refractivity contribution in [3.8, 4) is 0 Å². The molecule has 0 unspecified atom stereocenters. The molecule has 1 aliphatic rings. The van der Waals surface area contributed by atoms with Crippen molar-refractivity contribution in [2.45, 2.75) is 19.3 Å². The zero-order valence-corrected chi connectivity index (χ0v) is 11.5. The average Bonchev–Trinajstić information content (AvgIpc) is 2.80. The highest BCUT2D eigenvalue weighted by Crippen LogP contribution is 2.07. The summed E-state index contributed by atoms with van der Waals surface area (Å²) in [5.74, 6) is 0.738. The van der Waals surface area contributed by atoms with Crippen LogP contribution in [-0.2, 0) is 0 Å². The third-order valence-electron chi connectivity index (χ3n) is 2.75. The van der Waals surface area contributed by atoms with Crippen LogP contribution in [0.15, 0.2) is 12.4 Å². The first-order chi connectivity index (χ1) is 7.84. The maximum Gasteiger partial charge on any atom is 0.222 e. The Kier molecular flexibility index (Phi) is 4.77. The van der Waals surface area contributed by atoms with Crippen LogP contribution in [0.25, 0.3) is 0 Å². The summed E-state index contributed by atoms with van der Waals surface area (Å²) >= 11 is 2.21. The highest BCUT2D eigenvalue weighted by Gasteiger charge is 2.09. The third-order valence-corrected chi connectivity index (χ3v) is 3.31. The van der Waals surface area contributed by atoms with Crippen molar-refractivity contribution < 1.29 is 0 Å². The molecule has 1 aromatic heterocycles. The van der Waals surface area contributed by atoms with Crippen molar-refractivity contribution in [3.05, 3.63) is 16.0 Å². The Bertz CT molecular complexity index is 308. The van der Waals surface area contributed by atoms with E-state index < -0.39 is 0 Å². The standard InChI is InChI=1S/C11H17IN4/c12-10-8-14-11(15-9-10)13-4-3-7-16-5-1-2-6-16/h8-9H,1-7H2,(H,13,14,15). The molecule has 1 saturated heterocycles. The number of nitrogens with zero attached hydrogens (tertiary/aromatic N) is 3. The molecule has 2 rings (SSSR count). The summed E-state index contributed by atoms with van der Waals surface area (Å²) in [6.07, 6.45) is 7.56. The van der Waals surface area contributed by atoms with Gasteiger partial charge in [0, 0.05) is 22.5 Å². The number of hydrogen-bond donors (Lipinski definition) is 1. The summed E-state index contributed by atoms with van der Waals surface area (Å²) in [7, 11) is 0. The molecule has 0 atom stereocenters. The van der Waals surface area contributed by atoms with Crippen molar-refractivity contribution in [3.63, 3.8) is 0 Å². The highest BCUT2D eigenvalue weighted by molar-refractivity contribution is 14.1. The molecule has 1 fully saturated rings. The fourth-order valence-electron chi connectivity index (χ4n) is 1.91. The summed E-state index contributed by atoms with van der Waals surface area (Å²) in [5.41, 5.74) is 0. The molecule has 16 heavy (non-hydrogen) atoms. The zero-order valence-electron chi connectivity index (χ0n) is 9.32. The van der Waals surface area contributed by atoms with Gasteiger partial charge in [-0.2, -0.15) is 0 Å². The first kappa shape index (κ1) is 12.0. The van der Waals surface area contributed by atoms with Crippen LogP contribution < -0.4 is 5.32 Å². The molecule has 88 valence electrons. The van der Waals surface area contributed by atoms with Crippen LogP contribution in [0.1, 0.15) is 19.3 Å². The van der Waals surface area contributed by atoms with Gasteiger partial charge in [-0.3, -0.25) is 0 Å². The Hall–Kier alpha value is -0.430. The van der Waals surface area contributed by atoms with E-state index in [1.807, 2.05) is 12.4 Å². The fraction of sp³-hybridized carbons (Fsp3) is 0.636. The molecular formula is C11H17IN4. The Balaban J connectivity index is 1.62. The number of nitrogens with one attached hydrogen (secondary N) is 1. The van der Waals surface area contributed by atoms with Crippen LogP contribution in [-0.4, -0.2) is 41.0 Å². The fourth-order valence-corrected chi connectivity index (χ4v) is 2.19. The summed E-state index contributed by atoms with van der Waals surface area (Å²) in [5, 5.41) is 3.24. The van der Waals surface area contributed by atoms with E-state index in [4.69, 9.17) is 0 Å². The maximum atomic E-state index is 4.20. The van der Waals surface area contributed by atoms with Crippen molar-refractivity contribution in [1.82, 2.24) is 14.9 Å². The van der Waals surface area contributed by atoms with Crippen molar-refractivity contribution in [1.29, 1.82) is 0 Å². The van der Waals surface area contributed by atoms with E-state index in [1.165, 1.54) is 32.5 Å². The lowest BCUT2D eigenvalue weighted by molar-refractivity contribution is 0.337. The molecule has 0 saturated carbocycles. The number of likely N-dealkylation sites (tertiary alicyclic amines) is 1. The lowest BCUT2D eigenvalue weighted by Gasteiger charge is -2.14. The number of halogens is 1. The molecule has 0 aromatic carbocycles. The second-order valence-electron chi connectivity index (χ2n) is 4.05. The highest BCUT2D eigenvalue weighted by atomic mass is 127. The van der Waals surface area contributed by atoms with Gasteiger partial charge >= 0.3 is 0 Å². The zero-order chi connectivity index (χ0) is 11.2. The minimum Gasteiger partial charge on any atom is -0.354 e. The van der Waals surface area contributed by atoms with Crippen LogP contribution in [0, 0.1) is 3.57 Å². The first-order valence-corrected chi connectivity index (χ1v) is 6.86. The molecule has 1 aromatic rings. The second-order valence-corrected chi connectivity index (χ2v) is 5.30. The van der Waals surface area contributed by atoms with E-state index in [0.29, 0.717) is 0 Å². The van der Waals surface area contributed by atoms with E-state index in [2.05, 4.69) is 42.8 Å².